The van der Waals surface area contributed by atoms with Gasteiger partial charge in [0.05, 0.1) is 16.2 Å². The predicted octanol–water partition coefficient (Wildman–Crippen LogP) is 5.57. The first-order valence-corrected chi connectivity index (χ1v) is 9.55. The van der Waals surface area contributed by atoms with E-state index < -0.39 is 6.04 Å². The van der Waals surface area contributed by atoms with Crippen molar-refractivity contribution in [1.29, 1.82) is 0 Å². The Hall–Kier alpha value is -2.82. The van der Waals surface area contributed by atoms with E-state index in [1.807, 2.05) is 61.7 Å². The van der Waals surface area contributed by atoms with E-state index >= 15 is 0 Å². The van der Waals surface area contributed by atoms with Gasteiger partial charge in [0.1, 0.15) is 17.3 Å². The minimum atomic E-state index is -0.435. The smallest absolute Gasteiger partial charge is 0.273 e. The van der Waals surface area contributed by atoms with E-state index in [9.17, 15) is 5.11 Å². The Labute approximate surface area is 172 Å². The molecule has 2 aromatic carbocycles. The van der Waals surface area contributed by atoms with E-state index in [1.54, 1.807) is 12.3 Å². The van der Waals surface area contributed by atoms with Crippen LogP contribution in [0.15, 0.2) is 67.0 Å². The highest BCUT2D eigenvalue weighted by Crippen LogP contribution is 2.40. The first-order valence-electron chi connectivity index (χ1n) is 8.80. The first kappa shape index (κ1) is 18.5. The fourth-order valence-electron chi connectivity index (χ4n) is 3.26. The van der Waals surface area contributed by atoms with Crippen LogP contribution in [0.1, 0.15) is 22.7 Å². The minimum Gasteiger partial charge on any atom is -0.505 e. The molecule has 0 radical (unpaired) electrons. The van der Waals surface area contributed by atoms with Crippen molar-refractivity contribution in [2.75, 3.05) is 5.32 Å². The zero-order valence-electron chi connectivity index (χ0n) is 15.1. The average molecular weight is 411 g/mol. The second-order valence-electron chi connectivity index (χ2n) is 6.58. The average Bonchev–Trinajstić information content (AvgIpc) is 2.69. The molecular formula is C22H18Cl2N3O+. The molecule has 0 fully saturated rings. The van der Waals surface area contributed by atoms with E-state index in [0.29, 0.717) is 21.1 Å². The second-order valence-corrected chi connectivity index (χ2v) is 7.36. The number of nitrogens with zero attached hydrogens (tertiary/aromatic N) is 1. The number of pyridine rings is 2. The van der Waals surface area contributed by atoms with Crippen LogP contribution in [-0.4, -0.2) is 10.1 Å². The number of H-pyrrole nitrogens is 1. The Bertz CT molecular complexity index is 1160. The molecule has 4 aromatic rings. The summed E-state index contributed by atoms with van der Waals surface area (Å²) >= 11 is 12.8. The largest absolute Gasteiger partial charge is 0.505 e. The topological polar surface area (TPSA) is 59.3 Å². The predicted molar refractivity (Wildman–Crippen MR) is 113 cm³/mol. The lowest BCUT2D eigenvalue weighted by Crippen LogP contribution is -2.19. The number of rotatable bonds is 4. The van der Waals surface area contributed by atoms with Crippen LogP contribution in [0.5, 0.6) is 5.75 Å². The summed E-state index contributed by atoms with van der Waals surface area (Å²) in [7, 11) is 0. The van der Waals surface area contributed by atoms with Crippen molar-refractivity contribution >= 4 is 39.9 Å². The summed E-state index contributed by atoms with van der Waals surface area (Å²) in [5, 5.41) is 16.2. The number of halogens is 2. The molecule has 28 heavy (non-hydrogen) atoms. The summed E-state index contributed by atoms with van der Waals surface area (Å²) in [5.74, 6) is 0.904. The molecule has 6 heteroatoms. The zero-order chi connectivity index (χ0) is 19.7. The molecule has 0 unspecified atom stereocenters. The maximum atomic E-state index is 11.0. The number of aromatic amines is 1. The first-order chi connectivity index (χ1) is 13.5. The maximum absolute atomic E-state index is 11.0. The van der Waals surface area contributed by atoms with Crippen LogP contribution in [-0.2, 0) is 0 Å². The van der Waals surface area contributed by atoms with Crippen LogP contribution in [0.3, 0.4) is 0 Å². The summed E-state index contributed by atoms with van der Waals surface area (Å²) in [5.41, 5.74) is 3.06. The second kappa shape index (κ2) is 7.66. The van der Waals surface area contributed by atoms with E-state index in [0.717, 1.165) is 22.3 Å². The molecule has 1 atom stereocenters. The quantitative estimate of drug-likeness (QED) is 0.462. The highest BCUT2D eigenvalue weighted by atomic mass is 35.5. The summed E-state index contributed by atoms with van der Waals surface area (Å²) in [6, 6.07) is 16.6. The van der Waals surface area contributed by atoms with E-state index in [1.165, 1.54) is 0 Å². The molecule has 2 heterocycles. The molecule has 0 spiro atoms. The molecule has 0 saturated carbocycles. The molecular weight excluding hydrogens is 393 g/mol. The number of aryl methyl sites for hydroxylation is 1. The van der Waals surface area contributed by atoms with Crippen molar-refractivity contribution < 1.29 is 10.1 Å². The number of fused-ring (bicyclic) bond motifs is 1. The number of nitrogens with one attached hydrogen (secondary N) is 2. The lowest BCUT2D eigenvalue weighted by Gasteiger charge is -2.19. The van der Waals surface area contributed by atoms with Crippen molar-refractivity contribution in [3.8, 4) is 5.75 Å². The molecule has 0 aliphatic carbocycles. The van der Waals surface area contributed by atoms with Gasteiger partial charge in [-0.3, -0.25) is 10.3 Å². The summed E-state index contributed by atoms with van der Waals surface area (Å²) < 4.78 is 0. The van der Waals surface area contributed by atoms with E-state index in [4.69, 9.17) is 23.2 Å². The van der Waals surface area contributed by atoms with Gasteiger partial charge >= 0.3 is 0 Å². The maximum Gasteiger partial charge on any atom is 0.273 e. The number of anilines is 1. The van der Waals surface area contributed by atoms with Gasteiger partial charge in [-0.15, -0.1) is 0 Å². The zero-order valence-corrected chi connectivity index (χ0v) is 16.6. The Morgan fingerprint density at radius 1 is 1.04 bits per heavy atom. The van der Waals surface area contributed by atoms with Gasteiger partial charge in [0.2, 0.25) is 0 Å². The molecule has 3 N–H and O–H groups in total. The lowest BCUT2D eigenvalue weighted by molar-refractivity contribution is -0.361. The van der Waals surface area contributed by atoms with Gasteiger partial charge in [0.25, 0.3) is 5.82 Å². The van der Waals surface area contributed by atoms with E-state index in [2.05, 4.69) is 15.3 Å². The fraction of sp³-hybridized carbons (Fsp3) is 0.0909. The van der Waals surface area contributed by atoms with Crippen LogP contribution >= 0.6 is 23.2 Å². The third-order valence-corrected chi connectivity index (χ3v) is 5.47. The minimum absolute atomic E-state index is 0.110. The Balaban J connectivity index is 1.90. The van der Waals surface area contributed by atoms with Gasteiger partial charge < -0.3 is 5.11 Å². The Kier molecular flexibility index (Phi) is 5.07. The highest BCUT2D eigenvalue weighted by molar-refractivity contribution is 6.42. The SMILES string of the molecule is Cc1cc[nH+]c(N[C@H](c2cccc(Cl)c2Cl)c2ccc3cccnc3c2O)c1. The molecule has 140 valence electrons. The summed E-state index contributed by atoms with van der Waals surface area (Å²) in [6.45, 7) is 2.01. The number of hydrogen-bond acceptors (Lipinski definition) is 3. The van der Waals surface area contributed by atoms with Crippen molar-refractivity contribution in [2.24, 2.45) is 0 Å². The molecule has 0 aliphatic heterocycles. The van der Waals surface area contributed by atoms with Crippen LogP contribution in [0.2, 0.25) is 10.0 Å². The van der Waals surface area contributed by atoms with Crippen molar-refractivity contribution in [1.82, 2.24) is 4.98 Å². The van der Waals surface area contributed by atoms with Gasteiger partial charge in [0, 0.05) is 28.8 Å². The molecule has 0 saturated heterocycles. The van der Waals surface area contributed by atoms with Crippen molar-refractivity contribution in [3.05, 3.63) is 93.7 Å². The summed E-state index contributed by atoms with van der Waals surface area (Å²) in [6.07, 6.45) is 3.52. The third kappa shape index (κ3) is 3.49. The van der Waals surface area contributed by atoms with Crippen LogP contribution in [0.25, 0.3) is 10.9 Å². The number of aromatic hydroxyl groups is 1. The number of phenols is 1. The number of phenolic OH excluding ortho intramolecular Hbond substituents is 1. The van der Waals surface area contributed by atoms with Gasteiger partial charge in [-0.05, 0) is 36.8 Å². The van der Waals surface area contributed by atoms with Gasteiger partial charge in [-0.25, -0.2) is 4.98 Å². The van der Waals surface area contributed by atoms with Crippen LogP contribution < -0.4 is 10.3 Å². The van der Waals surface area contributed by atoms with Crippen molar-refractivity contribution in [3.63, 3.8) is 0 Å². The standard InChI is InChI=1S/C22H17Cl2N3O/c1-13-9-11-25-18(12-13)27-21(15-5-2-6-17(23)19(15)24)16-8-7-14-4-3-10-26-20(14)22(16)28/h2-12,21,28H,1H3,(H,25,27)/p+1/t21-/m1/s1. The number of aromatic nitrogens is 2. The molecule has 4 rings (SSSR count). The highest BCUT2D eigenvalue weighted by Gasteiger charge is 2.27. The van der Waals surface area contributed by atoms with Gasteiger partial charge in [0.15, 0.2) is 0 Å². The lowest BCUT2D eigenvalue weighted by atomic mass is 9.96. The molecule has 0 amide bonds. The number of benzene rings is 2. The molecule has 2 aromatic heterocycles. The van der Waals surface area contributed by atoms with E-state index in [-0.39, 0.29) is 5.75 Å². The van der Waals surface area contributed by atoms with Crippen LogP contribution in [0, 0.1) is 6.92 Å². The van der Waals surface area contributed by atoms with Crippen LogP contribution in [0.4, 0.5) is 5.82 Å². The van der Waals surface area contributed by atoms with Gasteiger partial charge in [-0.2, -0.15) is 0 Å². The van der Waals surface area contributed by atoms with Crippen molar-refractivity contribution in [2.45, 2.75) is 13.0 Å². The summed E-state index contributed by atoms with van der Waals surface area (Å²) in [4.78, 5) is 7.52. The fourth-order valence-corrected chi connectivity index (χ4v) is 3.68. The molecule has 0 bridgehead atoms. The number of hydrogen-bond donors (Lipinski definition) is 2. The van der Waals surface area contributed by atoms with Gasteiger partial charge in [-0.1, -0.05) is 47.5 Å². The normalized spacial score (nSPS) is 12.1. The molecule has 4 nitrogen and oxygen atoms in total. The Morgan fingerprint density at radius 3 is 2.71 bits per heavy atom. The third-order valence-electron chi connectivity index (χ3n) is 4.64. The Morgan fingerprint density at radius 2 is 1.89 bits per heavy atom. The monoisotopic (exact) mass is 410 g/mol. The molecule has 0 aliphatic rings.